The third kappa shape index (κ3) is 5.91. The Morgan fingerprint density at radius 1 is 1.16 bits per heavy atom. The van der Waals surface area contributed by atoms with Crippen LogP contribution in [0.5, 0.6) is 17.6 Å². The van der Waals surface area contributed by atoms with Crippen molar-refractivity contribution < 1.29 is 27.8 Å². The Morgan fingerprint density at radius 2 is 1.96 bits per heavy atom. The Morgan fingerprint density at radius 3 is 2.69 bits per heavy atom. The molecule has 2 aliphatic heterocycles. The maximum atomic E-state index is 14.6. The molecule has 2 unspecified atom stereocenters. The number of aromatic nitrogens is 2. The molecule has 2 saturated heterocycles. The highest BCUT2D eigenvalue weighted by Gasteiger charge is 2.34. The Balaban J connectivity index is 0.000000337. The fourth-order valence-corrected chi connectivity index (χ4v) is 6.15. The number of fused-ring (bicyclic) bond motifs is 3. The first-order chi connectivity index (χ1) is 21.8. The van der Waals surface area contributed by atoms with Gasteiger partial charge in [-0.05, 0) is 61.9 Å². The van der Waals surface area contributed by atoms with Crippen molar-refractivity contribution >= 4 is 21.7 Å². The molecular formula is C35H31F2N3O5. The number of hydrogen-bond donors (Lipinski definition) is 1. The van der Waals surface area contributed by atoms with E-state index in [1.807, 2.05) is 30.3 Å². The lowest BCUT2D eigenvalue weighted by molar-refractivity contribution is 0.288. The second-order valence-corrected chi connectivity index (χ2v) is 11.1. The van der Waals surface area contributed by atoms with E-state index in [2.05, 4.69) is 20.8 Å². The number of aromatic hydroxyl groups is 1. The zero-order valence-corrected chi connectivity index (χ0v) is 24.8. The van der Waals surface area contributed by atoms with Crippen LogP contribution in [0, 0.1) is 25.1 Å². The van der Waals surface area contributed by atoms with Crippen molar-refractivity contribution in [3.05, 3.63) is 87.5 Å². The number of hydrogen-bond acceptors (Lipinski definition) is 8. The molecule has 3 aromatic carbocycles. The van der Waals surface area contributed by atoms with E-state index in [1.165, 1.54) is 44.2 Å². The van der Waals surface area contributed by atoms with Crippen molar-refractivity contribution in [2.45, 2.75) is 45.0 Å². The minimum absolute atomic E-state index is 0.000211. The summed E-state index contributed by atoms with van der Waals surface area (Å²) < 4.78 is 44.0. The van der Waals surface area contributed by atoms with E-state index < -0.39 is 17.6 Å². The molecule has 2 aromatic heterocycles. The Kier molecular flexibility index (Phi) is 8.37. The minimum atomic E-state index is -0.772. The molecule has 45 heavy (non-hydrogen) atoms. The maximum Gasteiger partial charge on any atom is 0.351 e. The number of rotatable bonds is 5. The molecule has 0 bridgehead atoms. The number of terminal acetylenes is 1. The normalized spacial score (nSPS) is 17.5. The molecule has 1 N–H and O–H groups in total. The molecule has 5 aromatic rings. The number of benzene rings is 3. The molecule has 230 valence electrons. The van der Waals surface area contributed by atoms with E-state index in [0.29, 0.717) is 28.9 Å². The van der Waals surface area contributed by atoms with Crippen molar-refractivity contribution in [2.24, 2.45) is 0 Å². The summed E-state index contributed by atoms with van der Waals surface area (Å²) in [7, 11) is 1.40. The Hall–Kier alpha value is -5.01. The van der Waals surface area contributed by atoms with Gasteiger partial charge in [-0.25, -0.2) is 13.6 Å². The van der Waals surface area contributed by atoms with E-state index in [-0.39, 0.29) is 52.0 Å². The van der Waals surface area contributed by atoms with Gasteiger partial charge in [0.05, 0.1) is 18.2 Å². The first kappa shape index (κ1) is 30.0. The summed E-state index contributed by atoms with van der Waals surface area (Å²) in [6.07, 6.45) is 8.41. The molecule has 8 nitrogen and oxygen atoms in total. The molecule has 0 aliphatic carbocycles. The summed E-state index contributed by atoms with van der Waals surface area (Å²) in [5.41, 5.74) is 0.984. The van der Waals surface area contributed by atoms with Gasteiger partial charge in [0.25, 0.3) is 0 Å². The molecule has 2 aliphatic rings. The standard InChI is InChI=1S/C28H19FN2O5.C7H12FN/c1-4-19-21(29)11-10-17-12-18(32)13-20(22(17)19)25-15(2)24-23(27(33)36-25)26(31-28(30-24)34-3)35-14-16-8-6-5-7-9-16;8-6-4-7-2-1-3-9(7)5-6/h1,5-13,32H,14H2,2-3H3;6-7H,1-5H2. The minimum Gasteiger partial charge on any atom is -0.508 e. The van der Waals surface area contributed by atoms with Gasteiger partial charge in [0.15, 0.2) is 0 Å². The third-order valence-corrected chi connectivity index (χ3v) is 8.25. The molecule has 0 amide bonds. The zero-order chi connectivity index (χ0) is 31.7. The highest BCUT2D eigenvalue weighted by molar-refractivity contribution is 6.02. The van der Waals surface area contributed by atoms with Crippen LogP contribution in [-0.2, 0) is 6.61 Å². The lowest BCUT2D eigenvalue weighted by Gasteiger charge is -2.14. The molecular weight excluding hydrogens is 580 g/mol. The van der Waals surface area contributed by atoms with Gasteiger partial charge in [-0.3, -0.25) is 4.90 Å². The first-order valence-electron chi connectivity index (χ1n) is 14.6. The topological polar surface area (TPSA) is 97.9 Å². The number of halogens is 2. The number of aryl methyl sites for hydroxylation is 1. The monoisotopic (exact) mass is 611 g/mol. The summed E-state index contributed by atoms with van der Waals surface area (Å²) in [4.78, 5) is 24.1. The average molecular weight is 612 g/mol. The van der Waals surface area contributed by atoms with Crippen LogP contribution in [0.25, 0.3) is 33.0 Å². The van der Waals surface area contributed by atoms with Crippen LogP contribution < -0.4 is 15.1 Å². The largest absolute Gasteiger partial charge is 0.508 e. The summed E-state index contributed by atoms with van der Waals surface area (Å²) >= 11 is 0. The molecule has 2 fully saturated rings. The Bertz CT molecular complexity index is 1980. The van der Waals surface area contributed by atoms with Crippen LogP contribution in [0.15, 0.2) is 63.8 Å². The van der Waals surface area contributed by atoms with Crippen LogP contribution in [-0.4, -0.2) is 52.4 Å². The molecule has 2 atom stereocenters. The van der Waals surface area contributed by atoms with Gasteiger partial charge >= 0.3 is 11.6 Å². The van der Waals surface area contributed by atoms with Crippen LogP contribution in [0.3, 0.4) is 0 Å². The van der Waals surface area contributed by atoms with Gasteiger partial charge in [-0.1, -0.05) is 42.3 Å². The lowest BCUT2D eigenvalue weighted by atomic mass is 9.95. The molecule has 0 radical (unpaired) electrons. The number of ether oxygens (including phenoxy) is 2. The van der Waals surface area contributed by atoms with Crippen molar-refractivity contribution in [3.8, 4) is 41.3 Å². The van der Waals surface area contributed by atoms with E-state index in [1.54, 1.807) is 6.92 Å². The quantitative estimate of drug-likeness (QED) is 0.231. The summed E-state index contributed by atoms with van der Waals surface area (Å²) in [5, 5.41) is 11.2. The van der Waals surface area contributed by atoms with Gasteiger partial charge in [-0.2, -0.15) is 9.97 Å². The number of methoxy groups -OCH3 is 1. The van der Waals surface area contributed by atoms with E-state index in [0.717, 1.165) is 18.5 Å². The van der Waals surface area contributed by atoms with Crippen molar-refractivity contribution in [2.75, 3.05) is 20.2 Å². The molecule has 0 saturated carbocycles. The van der Waals surface area contributed by atoms with Crippen LogP contribution in [0.4, 0.5) is 8.78 Å². The molecule has 4 heterocycles. The van der Waals surface area contributed by atoms with Crippen LogP contribution in [0.2, 0.25) is 0 Å². The highest BCUT2D eigenvalue weighted by Crippen LogP contribution is 2.39. The fraction of sp³-hybridized carbons (Fsp3) is 0.286. The highest BCUT2D eigenvalue weighted by atomic mass is 19.1. The summed E-state index contributed by atoms with van der Waals surface area (Å²) in [6, 6.07) is 15.5. The summed E-state index contributed by atoms with van der Waals surface area (Å²) in [5.74, 6) is 1.71. The SMILES string of the molecule is C#Cc1c(F)ccc2cc(O)cc(-c3oc(=O)c4c(OCc5ccccc5)nc(OC)nc4c3C)c12.FC1CC2CCCN2C1. The fourth-order valence-electron chi connectivity index (χ4n) is 6.15. The van der Waals surface area contributed by atoms with Gasteiger partial charge in [-0.15, -0.1) is 6.42 Å². The van der Waals surface area contributed by atoms with Crippen molar-refractivity contribution in [1.29, 1.82) is 0 Å². The van der Waals surface area contributed by atoms with E-state index in [9.17, 15) is 18.7 Å². The molecule has 10 heteroatoms. The summed E-state index contributed by atoms with van der Waals surface area (Å²) in [6.45, 7) is 3.69. The van der Waals surface area contributed by atoms with Crippen molar-refractivity contribution in [3.63, 3.8) is 0 Å². The van der Waals surface area contributed by atoms with Crippen LogP contribution in [0.1, 0.15) is 36.0 Å². The lowest BCUT2D eigenvalue weighted by Crippen LogP contribution is -2.22. The second-order valence-electron chi connectivity index (χ2n) is 11.1. The van der Waals surface area contributed by atoms with E-state index in [4.69, 9.17) is 20.3 Å². The Labute approximate surface area is 258 Å². The average Bonchev–Trinajstić information content (AvgIpc) is 3.63. The van der Waals surface area contributed by atoms with E-state index >= 15 is 0 Å². The van der Waals surface area contributed by atoms with Gasteiger partial charge < -0.3 is 19.0 Å². The second kappa shape index (κ2) is 12.5. The molecule has 0 spiro atoms. The first-order valence-corrected chi connectivity index (χ1v) is 14.6. The van der Waals surface area contributed by atoms with Gasteiger partial charge in [0.2, 0.25) is 5.88 Å². The van der Waals surface area contributed by atoms with Gasteiger partial charge in [0, 0.05) is 29.1 Å². The number of nitrogens with zero attached hydrogens (tertiary/aromatic N) is 3. The predicted molar refractivity (Wildman–Crippen MR) is 167 cm³/mol. The molecule has 7 rings (SSSR count). The third-order valence-electron chi connectivity index (χ3n) is 8.25. The van der Waals surface area contributed by atoms with Crippen LogP contribution >= 0.6 is 0 Å². The number of phenolic OH excluding ortho intramolecular Hbond substituents is 1. The smallest absolute Gasteiger partial charge is 0.351 e. The number of phenols is 1. The van der Waals surface area contributed by atoms with Gasteiger partial charge in [0.1, 0.15) is 35.5 Å². The number of alkyl halides is 1. The van der Waals surface area contributed by atoms with Crippen molar-refractivity contribution in [1.82, 2.24) is 14.9 Å². The zero-order valence-electron chi connectivity index (χ0n) is 24.8. The predicted octanol–water partition coefficient (Wildman–Crippen LogP) is 6.32. The maximum absolute atomic E-state index is 14.6.